The molecule has 2 unspecified atom stereocenters. The van der Waals surface area contributed by atoms with Crippen molar-refractivity contribution in [3.8, 4) is 0 Å². The maximum Gasteiger partial charge on any atom is 0.221 e. The molecule has 1 aliphatic carbocycles. The summed E-state index contributed by atoms with van der Waals surface area (Å²) in [6.07, 6.45) is 3.67. The molecule has 0 bridgehead atoms. The Labute approximate surface area is 123 Å². The molecule has 1 amide bonds. The number of nitrogens with one attached hydrogen (secondary N) is 1. The number of hydrogen-bond acceptors (Lipinski definition) is 2. The van der Waals surface area contributed by atoms with E-state index in [9.17, 15) is 4.79 Å². The number of nitrogens with two attached hydrogens (primary N) is 1. The van der Waals surface area contributed by atoms with Crippen molar-refractivity contribution in [2.75, 3.05) is 0 Å². The van der Waals surface area contributed by atoms with Gasteiger partial charge in [-0.3, -0.25) is 4.79 Å². The van der Waals surface area contributed by atoms with Crippen LogP contribution in [0, 0.1) is 5.92 Å². The van der Waals surface area contributed by atoms with E-state index in [0.717, 1.165) is 10.9 Å². The number of halogens is 1. The van der Waals surface area contributed by atoms with Gasteiger partial charge in [-0.05, 0) is 49.8 Å². The van der Waals surface area contributed by atoms with Crippen LogP contribution in [0.4, 0.5) is 0 Å². The normalized spacial score (nSPS) is 17.8. The summed E-state index contributed by atoms with van der Waals surface area (Å²) in [6, 6.07) is 8.37. The zero-order valence-corrected chi connectivity index (χ0v) is 12.8. The maximum absolute atomic E-state index is 11.8. The van der Waals surface area contributed by atoms with Crippen molar-refractivity contribution in [1.29, 1.82) is 0 Å². The van der Waals surface area contributed by atoms with Crippen LogP contribution in [-0.2, 0) is 11.2 Å². The van der Waals surface area contributed by atoms with Gasteiger partial charge in [0.2, 0.25) is 5.91 Å². The lowest BCUT2D eigenvalue weighted by molar-refractivity contribution is -0.122. The molecule has 2 rings (SSSR count). The summed E-state index contributed by atoms with van der Waals surface area (Å²) in [4.78, 5) is 11.8. The highest BCUT2D eigenvalue weighted by Crippen LogP contribution is 2.32. The van der Waals surface area contributed by atoms with Gasteiger partial charge in [0.05, 0.1) is 0 Å². The summed E-state index contributed by atoms with van der Waals surface area (Å²) in [6.45, 7) is 2.03. The third-order valence-electron chi connectivity index (χ3n) is 3.51. The van der Waals surface area contributed by atoms with Crippen LogP contribution >= 0.6 is 15.9 Å². The Morgan fingerprint density at radius 2 is 2.05 bits per heavy atom. The Balaban J connectivity index is 1.75. The van der Waals surface area contributed by atoms with E-state index in [2.05, 4.69) is 33.4 Å². The van der Waals surface area contributed by atoms with E-state index in [1.54, 1.807) is 0 Å². The summed E-state index contributed by atoms with van der Waals surface area (Å²) in [7, 11) is 0. The molecular weight excluding hydrogens is 304 g/mol. The highest BCUT2D eigenvalue weighted by molar-refractivity contribution is 9.10. The lowest BCUT2D eigenvalue weighted by atomic mass is 10.1. The summed E-state index contributed by atoms with van der Waals surface area (Å²) in [5.41, 5.74) is 7.18. The quantitative estimate of drug-likeness (QED) is 0.845. The van der Waals surface area contributed by atoms with Crippen molar-refractivity contribution in [2.24, 2.45) is 11.7 Å². The van der Waals surface area contributed by atoms with E-state index in [4.69, 9.17) is 5.73 Å². The van der Waals surface area contributed by atoms with Crippen LogP contribution < -0.4 is 11.1 Å². The summed E-state index contributed by atoms with van der Waals surface area (Å²) >= 11 is 3.41. The molecule has 0 aliphatic heterocycles. The van der Waals surface area contributed by atoms with Crippen LogP contribution in [-0.4, -0.2) is 18.0 Å². The van der Waals surface area contributed by atoms with Crippen molar-refractivity contribution >= 4 is 21.8 Å². The minimum atomic E-state index is 0.0416. The number of benzene rings is 1. The Hall–Kier alpha value is -0.870. The van der Waals surface area contributed by atoms with Crippen LogP contribution in [0.15, 0.2) is 28.7 Å². The van der Waals surface area contributed by atoms with Gasteiger partial charge in [0.15, 0.2) is 0 Å². The molecule has 1 aromatic carbocycles. The second-order valence-electron chi connectivity index (χ2n) is 5.50. The van der Waals surface area contributed by atoms with Crippen molar-refractivity contribution in [3.63, 3.8) is 0 Å². The molecule has 1 saturated carbocycles. The topological polar surface area (TPSA) is 55.1 Å². The Bertz CT molecular complexity index is 428. The second-order valence-corrected chi connectivity index (χ2v) is 6.42. The Morgan fingerprint density at radius 3 is 2.63 bits per heavy atom. The van der Waals surface area contributed by atoms with Gasteiger partial charge < -0.3 is 11.1 Å². The van der Waals surface area contributed by atoms with Crippen LogP contribution in [0.3, 0.4) is 0 Å². The number of carbonyl (C=O) groups excluding carboxylic acids is 1. The largest absolute Gasteiger partial charge is 0.353 e. The van der Waals surface area contributed by atoms with Crippen LogP contribution in [0.2, 0.25) is 0 Å². The molecule has 1 aliphatic rings. The Kier molecular flexibility index (Phi) is 4.99. The number of rotatable bonds is 6. The van der Waals surface area contributed by atoms with Gasteiger partial charge >= 0.3 is 0 Å². The van der Waals surface area contributed by atoms with Crippen molar-refractivity contribution in [3.05, 3.63) is 34.3 Å². The van der Waals surface area contributed by atoms with Crippen molar-refractivity contribution < 1.29 is 4.79 Å². The monoisotopic (exact) mass is 324 g/mol. The Morgan fingerprint density at radius 1 is 1.42 bits per heavy atom. The predicted octanol–water partition coefficient (Wildman–Crippen LogP) is 2.62. The first kappa shape index (κ1) is 14.5. The molecular formula is C15H21BrN2O. The molecule has 19 heavy (non-hydrogen) atoms. The molecule has 0 saturated heterocycles. The molecule has 2 atom stereocenters. The van der Waals surface area contributed by atoms with E-state index in [1.807, 2.05) is 19.1 Å². The van der Waals surface area contributed by atoms with Gasteiger partial charge in [-0.1, -0.05) is 28.1 Å². The first-order chi connectivity index (χ1) is 9.04. The molecule has 1 aromatic rings. The molecule has 0 spiro atoms. The lowest BCUT2D eigenvalue weighted by Gasteiger charge is -2.16. The zero-order chi connectivity index (χ0) is 13.8. The number of hydrogen-bond donors (Lipinski definition) is 2. The molecule has 3 nitrogen and oxygen atoms in total. The fraction of sp³-hybridized carbons (Fsp3) is 0.533. The second kappa shape index (κ2) is 6.53. The van der Waals surface area contributed by atoms with Crippen molar-refractivity contribution in [1.82, 2.24) is 5.32 Å². The molecule has 1 fully saturated rings. The predicted molar refractivity (Wildman–Crippen MR) is 80.8 cm³/mol. The number of amides is 1. The molecule has 0 aromatic heterocycles. The van der Waals surface area contributed by atoms with Gasteiger partial charge in [-0.15, -0.1) is 0 Å². The highest BCUT2D eigenvalue weighted by atomic mass is 79.9. The molecule has 0 heterocycles. The summed E-state index contributed by atoms with van der Waals surface area (Å²) < 4.78 is 1.07. The minimum absolute atomic E-state index is 0.0416. The molecule has 0 radical (unpaired) electrons. The fourth-order valence-electron chi connectivity index (χ4n) is 2.26. The van der Waals surface area contributed by atoms with E-state index < -0.39 is 0 Å². The van der Waals surface area contributed by atoms with E-state index >= 15 is 0 Å². The SMILES string of the molecule is CC(Cc1ccc(Br)cc1)NC(=O)CC(N)C1CC1. The van der Waals surface area contributed by atoms with E-state index in [-0.39, 0.29) is 18.0 Å². The van der Waals surface area contributed by atoms with E-state index in [1.165, 1.54) is 18.4 Å². The smallest absolute Gasteiger partial charge is 0.221 e. The third-order valence-corrected chi connectivity index (χ3v) is 4.04. The standard InChI is InChI=1S/C15H21BrN2O/c1-10(8-11-2-6-13(16)7-3-11)18-15(19)9-14(17)12-4-5-12/h2-3,6-7,10,12,14H,4-5,8-9,17H2,1H3,(H,18,19). The maximum atomic E-state index is 11.8. The van der Waals surface area contributed by atoms with Crippen molar-refractivity contribution in [2.45, 2.75) is 44.7 Å². The number of carbonyl (C=O) groups is 1. The van der Waals surface area contributed by atoms with E-state index in [0.29, 0.717) is 12.3 Å². The fourth-order valence-corrected chi connectivity index (χ4v) is 2.53. The average molecular weight is 325 g/mol. The zero-order valence-electron chi connectivity index (χ0n) is 11.2. The average Bonchev–Trinajstić information content (AvgIpc) is 3.15. The molecule has 3 N–H and O–H groups in total. The van der Waals surface area contributed by atoms with Crippen LogP contribution in [0.5, 0.6) is 0 Å². The highest BCUT2D eigenvalue weighted by Gasteiger charge is 2.29. The van der Waals surface area contributed by atoms with Gasteiger partial charge in [0.25, 0.3) is 0 Å². The first-order valence-electron chi connectivity index (χ1n) is 6.84. The van der Waals surface area contributed by atoms with Gasteiger partial charge in [0, 0.05) is 23.0 Å². The summed E-state index contributed by atoms with van der Waals surface area (Å²) in [5.74, 6) is 0.650. The lowest BCUT2D eigenvalue weighted by Crippen LogP contribution is -2.38. The van der Waals surface area contributed by atoms with Gasteiger partial charge in [-0.25, -0.2) is 0 Å². The third kappa shape index (κ3) is 4.96. The molecule has 4 heteroatoms. The van der Waals surface area contributed by atoms with Gasteiger partial charge in [-0.2, -0.15) is 0 Å². The molecule has 104 valence electrons. The van der Waals surface area contributed by atoms with Crippen LogP contribution in [0.1, 0.15) is 31.7 Å². The first-order valence-corrected chi connectivity index (χ1v) is 7.63. The van der Waals surface area contributed by atoms with Crippen LogP contribution in [0.25, 0.3) is 0 Å². The van der Waals surface area contributed by atoms with Gasteiger partial charge in [0.1, 0.15) is 0 Å². The summed E-state index contributed by atoms with van der Waals surface area (Å²) in [5, 5.41) is 3.03. The minimum Gasteiger partial charge on any atom is -0.353 e.